The minimum Gasteiger partial charge on any atom is -0.444 e. The van der Waals surface area contributed by atoms with Crippen LogP contribution >= 0.6 is 0 Å². The maximum Gasteiger partial charge on any atom is 0.407 e. The molecule has 0 radical (unpaired) electrons. The van der Waals surface area contributed by atoms with E-state index >= 15 is 0 Å². The van der Waals surface area contributed by atoms with Crippen molar-refractivity contribution in [1.82, 2.24) is 5.32 Å². The van der Waals surface area contributed by atoms with Crippen molar-refractivity contribution in [2.75, 3.05) is 6.61 Å². The van der Waals surface area contributed by atoms with E-state index in [-0.39, 0.29) is 18.8 Å². The number of amides is 1. The van der Waals surface area contributed by atoms with E-state index in [2.05, 4.69) is 10.1 Å². The number of cyclic esters (lactones) is 1. The molecular weight excluding hydrogens is 122 g/mol. The van der Waals surface area contributed by atoms with Crippen LogP contribution in [-0.2, 0) is 4.74 Å². The Balaban J connectivity index is 2.47. The molecule has 4 nitrogen and oxygen atoms in total. The van der Waals surface area contributed by atoms with Gasteiger partial charge in [-0.15, -0.1) is 0 Å². The van der Waals surface area contributed by atoms with Crippen molar-refractivity contribution in [3.8, 4) is 0 Å². The fourth-order valence-corrected chi connectivity index (χ4v) is 0.748. The Labute approximate surface area is 52.8 Å². The summed E-state index contributed by atoms with van der Waals surface area (Å²) in [5.41, 5.74) is 0. The molecule has 1 fully saturated rings. The minimum absolute atomic E-state index is 0.0626. The van der Waals surface area contributed by atoms with Gasteiger partial charge in [0.05, 0.1) is 12.6 Å². The average Bonchev–Trinajstić information content (AvgIpc) is 2.10. The third-order valence-electron chi connectivity index (χ3n) is 1.36. The molecule has 9 heavy (non-hydrogen) atoms. The number of carbonyl (C=O) groups excluding carboxylic acids is 1. The number of hydrogen-bond acceptors (Lipinski definition) is 3. The van der Waals surface area contributed by atoms with Crippen LogP contribution in [0.1, 0.15) is 6.92 Å². The van der Waals surface area contributed by atoms with Crippen molar-refractivity contribution in [2.45, 2.75) is 19.1 Å². The summed E-state index contributed by atoms with van der Waals surface area (Å²) in [5.74, 6) is 0. The molecule has 1 heterocycles. The van der Waals surface area contributed by atoms with E-state index < -0.39 is 6.09 Å². The van der Waals surface area contributed by atoms with Gasteiger partial charge in [-0.05, 0) is 6.92 Å². The first-order valence-corrected chi connectivity index (χ1v) is 2.82. The number of rotatable bonds is 1. The molecule has 1 saturated heterocycles. The smallest absolute Gasteiger partial charge is 0.407 e. The quantitative estimate of drug-likeness (QED) is 0.503. The van der Waals surface area contributed by atoms with Crippen LogP contribution in [0.25, 0.3) is 0 Å². The normalized spacial score (nSPS) is 33.8. The van der Waals surface area contributed by atoms with E-state index in [0.29, 0.717) is 0 Å². The van der Waals surface area contributed by atoms with Gasteiger partial charge in [0.1, 0.15) is 6.10 Å². The SMILES string of the molecule is C[C@@H]1OC(=O)N[C@@H]1CO. The van der Waals surface area contributed by atoms with Gasteiger partial charge in [-0.3, -0.25) is 0 Å². The van der Waals surface area contributed by atoms with Crippen LogP contribution in [-0.4, -0.2) is 30.0 Å². The summed E-state index contributed by atoms with van der Waals surface area (Å²) >= 11 is 0. The van der Waals surface area contributed by atoms with Crippen molar-refractivity contribution in [3.05, 3.63) is 0 Å². The Morgan fingerprint density at radius 2 is 2.56 bits per heavy atom. The van der Waals surface area contributed by atoms with Crippen molar-refractivity contribution >= 4 is 6.09 Å². The van der Waals surface area contributed by atoms with Crippen molar-refractivity contribution < 1.29 is 14.6 Å². The van der Waals surface area contributed by atoms with Gasteiger partial charge in [-0.25, -0.2) is 4.79 Å². The van der Waals surface area contributed by atoms with Crippen LogP contribution in [0.3, 0.4) is 0 Å². The predicted octanol–water partition coefficient (Wildman–Crippen LogP) is -0.524. The zero-order valence-electron chi connectivity index (χ0n) is 5.13. The number of alkyl carbamates (subject to hydrolysis) is 1. The Morgan fingerprint density at radius 1 is 1.89 bits per heavy atom. The molecule has 52 valence electrons. The lowest BCUT2D eigenvalue weighted by atomic mass is 10.2. The van der Waals surface area contributed by atoms with E-state index in [1.807, 2.05) is 0 Å². The third-order valence-corrected chi connectivity index (χ3v) is 1.36. The number of ether oxygens (including phenoxy) is 1. The number of nitrogens with one attached hydrogen (secondary N) is 1. The molecule has 0 spiro atoms. The molecular formula is C5H9NO3. The molecule has 2 atom stereocenters. The first-order valence-electron chi connectivity index (χ1n) is 2.82. The highest BCUT2D eigenvalue weighted by Crippen LogP contribution is 2.05. The first-order chi connectivity index (χ1) is 4.24. The molecule has 0 bridgehead atoms. The van der Waals surface area contributed by atoms with Gasteiger partial charge >= 0.3 is 6.09 Å². The zero-order valence-corrected chi connectivity index (χ0v) is 5.13. The molecule has 4 heteroatoms. The van der Waals surface area contributed by atoms with Crippen LogP contribution in [0.15, 0.2) is 0 Å². The maximum atomic E-state index is 10.4. The number of hydrogen-bond donors (Lipinski definition) is 2. The Kier molecular flexibility index (Phi) is 1.57. The van der Waals surface area contributed by atoms with Gasteiger partial charge < -0.3 is 15.2 Å². The summed E-state index contributed by atoms with van der Waals surface area (Å²) < 4.78 is 4.65. The van der Waals surface area contributed by atoms with Gasteiger partial charge in [0, 0.05) is 0 Å². The summed E-state index contributed by atoms with van der Waals surface area (Å²) in [6, 6.07) is -0.225. The van der Waals surface area contributed by atoms with Gasteiger partial charge in [-0.1, -0.05) is 0 Å². The highest BCUT2D eigenvalue weighted by atomic mass is 16.6. The highest BCUT2D eigenvalue weighted by molar-refractivity contribution is 5.70. The molecule has 1 aliphatic rings. The van der Waals surface area contributed by atoms with E-state index in [1.54, 1.807) is 6.92 Å². The second-order valence-electron chi connectivity index (χ2n) is 2.04. The summed E-state index contributed by atoms with van der Waals surface area (Å²) in [5, 5.41) is 11.0. The molecule has 2 N–H and O–H groups in total. The topological polar surface area (TPSA) is 58.6 Å². The van der Waals surface area contributed by atoms with E-state index in [9.17, 15) is 4.79 Å². The molecule has 1 rings (SSSR count). The van der Waals surface area contributed by atoms with E-state index in [1.165, 1.54) is 0 Å². The average molecular weight is 131 g/mol. The highest BCUT2D eigenvalue weighted by Gasteiger charge is 2.29. The van der Waals surface area contributed by atoms with Crippen molar-refractivity contribution in [2.24, 2.45) is 0 Å². The van der Waals surface area contributed by atoms with Crippen LogP contribution < -0.4 is 5.32 Å². The van der Waals surface area contributed by atoms with Crippen LogP contribution in [0.2, 0.25) is 0 Å². The molecule has 1 aliphatic heterocycles. The van der Waals surface area contributed by atoms with Gasteiger partial charge in [0.2, 0.25) is 0 Å². The molecule has 0 saturated carbocycles. The second kappa shape index (κ2) is 2.23. The summed E-state index contributed by atoms with van der Waals surface area (Å²) in [4.78, 5) is 10.4. The fraction of sp³-hybridized carbons (Fsp3) is 0.800. The maximum absolute atomic E-state index is 10.4. The molecule has 0 aromatic heterocycles. The monoisotopic (exact) mass is 131 g/mol. The van der Waals surface area contributed by atoms with E-state index in [4.69, 9.17) is 5.11 Å². The predicted molar refractivity (Wildman–Crippen MR) is 30.0 cm³/mol. The van der Waals surface area contributed by atoms with Crippen molar-refractivity contribution in [3.63, 3.8) is 0 Å². The van der Waals surface area contributed by atoms with Gasteiger partial charge in [0.15, 0.2) is 0 Å². The largest absolute Gasteiger partial charge is 0.444 e. The van der Waals surface area contributed by atoms with Crippen molar-refractivity contribution in [1.29, 1.82) is 0 Å². The molecule has 1 amide bonds. The first kappa shape index (κ1) is 6.35. The Bertz CT molecular complexity index is 125. The molecule has 0 aliphatic carbocycles. The standard InChI is InChI=1S/C5H9NO3/c1-3-4(2-7)6-5(8)9-3/h3-4,7H,2H2,1H3,(H,6,8)/t3-,4+/m0/s1. The summed E-state index contributed by atoms with van der Waals surface area (Å²) in [7, 11) is 0. The number of carbonyl (C=O) groups is 1. The number of aliphatic hydroxyl groups excluding tert-OH is 1. The van der Waals surface area contributed by atoms with Crippen LogP contribution in [0.5, 0.6) is 0 Å². The summed E-state index contributed by atoms with van der Waals surface area (Å²) in [6.45, 7) is 1.67. The second-order valence-corrected chi connectivity index (χ2v) is 2.04. The van der Waals surface area contributed by atoms with E-state index in [0.717, 1.165) is 0 Å². The molecule has 0 unspecified atom stereocenters. The van der Waals surface area contributed by atoms with Crippen LogP contribution in [0, 0.1) is 0 Å². The lowest BCUT2D eigenvalue weighted by Gasteiger charge is -2.06. The molecule has 0 aromatic rings. The van der Waals surface area contributed by atoms with Gasteiger partial charge in [-0.2, -0.15) is 0 Å². The van der Waals surface area contributed by atoms with Gasteiger partial charge in [0.25, 0.3) is 0 Å². The lowest BCUT2D eigenvalue weighted by molar-refractivity contribution is 0.129. The lowest BCUT2D eigenvalue weighted by Crippen LogP contribution is -2.33. The third kappa shape index (κ3) is 1.13. The molecule has 0 aromatic carbocycles. The zero-order chi connectivity index (χ0) is 6.85. The number of aliphatic hydroxyl groups is 1. The fourth-order valence-electron chi connectivity index (χ4n) is 0.748. The summed E-state index contributed by atoms with van der Waals surface area (Å²) in [6.07, 6.45) is -0.649. The van der Waals surface area contributed by atoms with Crippen LogP contribution in [0.4, 0.5) is 4.79 Å². The minimum atomic E-state index is -0.443. The Hall–Kier alpha value is -0.770. The Morgan fingerprint density at radius 3 is 2.78 bits per heavy atom.